The van der Waals surface area contributed by atoms with Crippen LogP contribution in [0, 0.1) is 11.6 Å². The number of hydrogen-bond acceptors (Lipinski definition) is 3. The van der Waals surface area contributed by atoms with Crippen LogP contribution in [0.1, 0.15) is 23.2 Å². The summed E-state index contributed by atoms with van der Waals surface area (Å²) in [5.74, 6) is -2.08. The highest BCUT2D eigenvalue weighted by Gasteiger charge is 2.34. The van der Waals surface area contributed by atoms with Gasteiger partial charge in [-0.1, -0.05) is 18.2 Å². The lowest BCUT2D eigenvalue weighted by Gasteiger charge is -2.36. The summed E-state index contributed by atoms with van der Waals surface area (Å²) in [5.41, 5.74) is -0.145. The molecule has 1 saturated heterocycles. The summed E-state index contributed by atoms with van der Waals surface area (Å²) >= 11 is 1.71. The molecule has 0 spiro atoms. The summed E-state index contributed by atoms with van der Waals surface area (Å²) in [4.78, 5) is 13.4. The van der Waals surface area contributed by atoms with Crippen molar-refractivity contribution in [3.63, 3.8) is 0 Å². The Labute approximate surface area is 149 Å². The molecule has 0 atom stereocenters. The van der Waals surface area contributed by atoms with E-state index in [1.807, 2.05) is 30.3 Å². The van der Waals surface area contributed by atoms with E-state index in [9.17, 15) is 13.6 Å². The van der Waals surface area contributed by atoms with Crippen LogP contribution >= 0.6 is 11.8 Å². The first-order chi connectivity index (χ1) is 12.1. The van der Waals surface area contributed by atoms with Crippen LogP contribution < -0.4 is 5.32 Å². The predicted molar refractivity (Wildman–Crippen MR) is 93.8 cm³/mol. The van der Waals surface area contributed by atoms with Gasteiger partial charge >= 0.3 is 0 Å². The number of amides is 1. The molecule has 1 fully saturated rings. The van der Waals surface area contributed by atoms with Crippen molar-refractivity contribution < 1.29 is 18.3 Å². The number of rotatable bonds is 5. The normalized spacial score (nSPS) is 16.4. The van der Waals surface area contributed by atoms with Crippen molar-refractivity contribution in [2.75, 3.05) is 19.8 Å². The highest BCUT2D eigenvalue weighted by Crippen LogP contribution is 2.40. The summed E-state index contributed by atoms with van der Waals surface area (Å²) < 4.78 is 32.0. The molecule has 0 unspecified atom stereocenters. The molecule has 25 heavy (non-hydrogen) atoms. The predicted octanol–water partition coefficient (Wildman–Crippen LogP) is 4.04. The quantitative estimate of drug-likeness (QED) is 0.871. The van der Waals surface area contributed by atoms with E-state index in [1.165, 1.54) is 6.07 Å². The van der Waals surface area contributed by atoms with E-state index in [4.69, 9.17) is 4.74 Å². The average Bonchev–Trinajstić information content (AvgIpc) is 2.61. The number of nitrogens with one attached hydrogen (secondary N) is 1. The van der Waals surface area contributed by atoms with Gasteiger partial charge in [0.2, 0.25) is 0 Å². The number of ether oxygens (including phenoxy) is 1. The van der Waals surface area contributed by atoms with Crippen LogP contribution in [0.3, 0.4) is 0 Å². The van der Waals surface area contributed by atoms with E-state index >= 15 is 0 Å². The lowest BCUT2D eigenvalue weighted by Crippen LogP contribution is -2.44. The third kappa shape index (κ3) is 4.58. The van der Waals surface area contributed by atoms with Gasteiger partial charge in [-0.2, -0.15) is 0 Å². The zero-order chi connectivity index (χ0) is 17.7. The lowest BCUT2D eigenvalue weighted by atomic mass is 9.99. The van der Waals surface area contributed by atoms with Gasteiger partial charge in [0.25, 0.3) is 5.91 Å². The summed E-state index contributed by atoms with van der Waals surface area (Å²) in [6, 6.07) is 12.9. The van der Waals surface area contributed by atoms with Crippen molar-refractivity contribution in [3.05, 3.63) is 65.7 Å². The fourth-order valence-corrected chi connectivity index (χ4v) is 4.12. The highest BCUT2D eigenvalue weighted by atomic mass is 32.2. The maximum atomic E-state index is 13.8. The smallest absolute Gasteiger partial charge is 0.254 e. The summed E-state index contributed by atoms with van der Waals surface area (Å²) in [5, 5.41) is 2.81. The van der Waals surface area contributed by atoms with Crippen molar-refractivity contribution in [1.29, 1.82) is 0 Å². The lowest BCUT2D eigenvalue weighted by molar-refractivity contribution is 0.0740. The topological polar surface area (TPSA) is 38.3 Å². The number of carbonyl (C=O) groups is 1. The van der Waals surface area contributed by atoms with Crippen LogP contribution in [-0.2, 0) is 4.74 Å². The molecule has 0 bridgehead atoms. The van der Waals surface area contributed by atoms with Gasteiger partial charge in [-0.3, -0.25) is 4.79 Å². The van der Waals surface area contributed by atoms with Crippen molar-refractivity contribution in [1.82, 2.24) is 5.32 Å². The van der Waals surface area contributed by atoms with E-state index in [1.54, 1.807) is 11.8 Å². The Morgan fingerprint density at radius 1 is 1.12 bits per heavy atom. The molecule has 1 amide bonds. The molecule has 3 nitrogen and oxygen atoms in total. The van der Waals surface area contributed by atoms with Crippen molar-refractivity contribution in [2.24, 2.45) is 0 Å². The number of carbonyl (C=O) groups excluding carboxylic acids is 1. The largest absolute Gasteiger partial charge is 0.381 e. The second-order valence-corrected chi connectivity index (χ2v) is 7.56. The van der Waals surface area contributed by atoms with Crippen molar-refractivity contribution in [2.45, 2.75) is 22.5 Å². The number of benzene rings is 2. The molecular weight excluding hydrogens is 344 g/mol. The standard InChI is InChI=1S/C19H19F2NO2S/c20-14-6-7-16(17(21)12-14)18(23)22-13-19(8-10-24-11-9-19)25-15-4-2-1-3-5-15/h1-7,12H,8-11,13H2,(H,22,23). The minimum absolute atomic E-state index is 0.145. The molecular formula is C19H19F2NO2S. The zero-order valence-electron chi connectivity index (χ0n) is 13.6. The molecule has 1 N–H and O–H groups in total. The molecule has 0 aliphatic carbocycles. The second-order valence-electron chi connectivity index (χ2n) is 6.02. The SMILES string of the molecule is O=C(NCC1(Sc2ccccc2)CCOCC1)c1ccc(F)cc1F. The molecule has 0 radical (unpaired) electrons. The molecule has 1 heterocycles. The Morgan fingerprint density at radius 3 is 2.52 bits per heavy atom. The van der Waals surface area contributed by atoms with Gasteiger partial charge in [0, 0.05) is 35.5 Å². The molecule has 2 aromatic rings. The minimum Gasteiger partial charge on any atom is -0.381 e. The van der Waals surface area contributed by atoms with Crippen LogP contribution in [0.15, 0.2) is 53.4 Å². The van der Waals surface area contributed by atoms with E-state index in [2.05, 4.69) is 5.32 Å². The highest BCUT2D eigenvalue weighted by molar-refractivity contribution is 8.00. The maximum Gasteiger partial charge on any atom is 0.254 e. The molecule has 0 saturated carbocycles. The fourth-order valence-electron chi connectivity index (χ4n) is 2.81. The first-order valence-electron chi connectivity index (χ1n) is 8.13. The van der Waals surface area contributed by atoms with Gasteiger partial charge in [-0.25, -0.2) is 8.78 Å². The molecule has 2 aromatic carbocycles. The first kappa shape index (κ1) is 17.9. The summed E-state index contributed by atoms with van der Waals surface area (Å²) in [7, 11) is 0. The van der Waals surface area contributed by atoms with E-state index in [0.29, 0.717) is 19.8 Å². The summed E-state index contributed by atoms with van der Waals surface area (Å²) in [6.45, 7) is 1.65. The number of thioether (sulfide) groups is 1. The van der Waals surface area contributed by atoms with Crippen LogP contribution in [0.5, 0.6) is 0 Å². The minimum atomic E-state index is -0.853. The third-order valence-corrected chi connectivity index (χ3v) is 5.72. The van der Waals surface area contributed by atoms with Crippen LogP contribution in [0.25, 0.3) is 0 Å². The first-order valence-corrected chi connectivity index (χ1v) is 8.95. The zero-order valence-corrected chi connectivity index (χ0v) is 14.5. The Balaban J connectivity index is 1.71. The van der Waals surface area contributed by atoms with E-state index < -0.39 is 17.5 Å². The van der Waals surface area contributed by atoms with Gasteiger partial charge in [-0.05, 0) is 37.1 Å². The molecule has 6 heteroatoms. The average molecular weight is 363 g/mol. The number of hydrogen-bond donors (Lipinski definition) is 1. The van der Waals surface area contributed by atoms with Crippen LogP contribution in [-0.4, -0.2) is 30.4 Å². The van der Waals surface area contributed by atoms with E-state index in [-0.39, 0.29) is 10.3 Å². The molecule has 1 aliphatic rings. The monoisotopic (exact) mass is 363 g/mol. The Morgan fingerprint density at radius 2 is 1.84 bits per heavy atom. The van der Waals surface area contributed by atoms with Crippen LogP contribution in [0.4, 0.5) is 8.78 Å². The van der Waals surface area contributed by atoms with Crippen molar-refractivity contribution in [3.8, 4) is 0 Å². The Hall–Kier alpha value is -1.92. The van der Waals surface area contributed by atoms with Crippen molar-refractivity contribution >= 4 is 17.7 Å². The second kappa shape index (κ2) is 7.97. The Bertz CT molecular complexity index is 733. The fraction of sp³-hybridized carbons (Fsp3) is 0.316. The molecule has 1 aliphatic heterocycles. The molecule has 3 rings (SSSR count). The van der Waals surface area contributed by atoms with Gasteiger partial charge in [0.15, 0.2) is 0 Å². The molecule has 0 aromatic heterocycles. The maximum absolute atomic E-state index is 13.8. The van der Waals surface area contributed by atoms with Gasteiger partial charge < -0.3 is 10.1 Å². The van der Waals surface area contributed by atoms with Gasteiger partial charge in [0.05, 0.1) is 5.56 Å². The molecule has 132 valence electrons. The van der Waals surface area contributed by atoms with E-state index in [0.717, 1.165) is 29.9 Å². The Kier molecular flexibility index (Phi) is 5.71. The number of halogens is 2. The summed E-state index contributed by atoms with van der Waals surface area (Å²) in [6.07, 6.45) is 1.58. The van der Waals surface area contributed by atoms with Gasteiger partial charge in [-0.15, -0.1) is 11.8 Å². The third-order valence-electron chi connectivity index (χ3n) is 4.23. The van der Waals surface area contributed by atoms with Crippen LogP contribution in [0.2, 0.25) is 0 Å². The van der Waals surface area contributed by atoms with Gasteiger partial charge in [0.1, 0.15) is 11.6 Å².